The first-order valence-electron chi connectivity index (χ1n) is 8.25. The van der Waals surface area contributed by atoms with E-state index in [-0.39, 0.29) is 11.6 Å². The average Bonchev–Trinajstić information content (AvgIpc) is 3.42. The Kier molecular flexibility index (Phi) is 3.25. The summed E-state index contributed by atoms with van der Waals surface area (Å²) >= 11 is 0. The highest BCUT2D eigenvalue weighted by atomic mass is 16.6. The van der Waals surface area contributed by atoms with Crippen molar-refractivity contribution in [2.45, 2.75) is 18.5 Å². The number of amides is 1. The smallest absolute Gasteiger partial charge is 0.277 e. The van der Waals surface area contributed by atoms with E-state index in [1.807, 2.05) is 18.2 Å². The highest BCUT2D eigenvalue weighted by Gasteiger charge is 2.45. The molecule has 0 radical (unpaired) electrons. The Morgan fingerprint density at radius 2 is 1.92 bits per heavy atom. The summed E-state index contributed by atoms with van der Waals surface area (Å²) in [5, 5.41) is 16.6. The fourth-order valence-electron chi connectivity index (χ4n) is 3.88. The van der Waals surface area contributed by atoms with Gasteiger partial charge >= 0.3 is 0 Å². The zero-order valence-corrected chi connectivity index (χ0v) is 13.6. The largest absolute Gasteiger partial charge is 0.363 e. The van der Waals surface area contributed by atoms with Crippen molar-refractivity contribution in [1.29, 1.82) is 0 Å². The van der Waals surface area contributed by atoms with Crippen LogP contribution >= 0.6 is 0 Å². The van der Waals surface area contributed by atoms with Crippen LogP contribution in [0.3, 0.4) is 0 Å². The molecule has 2 aromatic heterocycles. The molecule has 4 heterocycles. The minimum atomic E-state index is -0.625. The molecule has 0 saturated carbocycles. The van der Waals surface area contributed by atoms with Gasteiger partial charge in [-0.1, -0.05) is 6.07 Å². The molecular formula is C16H15N7O3. The number of hydroxylamine groups is 1. The molecule has 2 unspecified atom stereocenters. The van der Waals surface area contributed by atoms with Crippen LogP contribution in [0.15, 0.2) is 35.2 Å². The van der Waals surface area contributed by atoms with Crippen LogP contribution in [0, 0.1) is 0 Å². The monoisotopic (exact) mass is 353 g/mol. The van der Waals surface area contributed by atoms with Gasteiger partial charge in [0.2, 0.25) is 5.95 Å². The fourth-order valence-corrected chi connectivity index (χ4v) is 3.88. The van der Waals surface area contributed by atoms with Crippen LogP contribution in [0.5, 0.6) is 0 Å². The fraction of sp³-hybridized carbons (Fsp3) is 0.312. The van der Waals surface area contributed by atoms with Gasteiger partial charge in [0.1, 0.15) is 5.52 Å². The zero-order chi connectivity index (χ0) is 17.7. The summed E-state index contributed by atoms with van der Waals surface area (Å²) in [6, 6.07) is 6.49. The van der Waals surface area contributed by atoms with Crippen LogP contribution in [0.4, 0.5) is 11.6 Å². The summed E-state index contributed by atoms with van der Waals surface area (Å²) < 4.78 is 4.87. The number of hydrogen-bond acceptors (Lipinski definition) is 9. The van der Waals surface area contributed by atoms with Crippen LogP contribution in [0.2, 0.25) is 0 Å². The van der Waals surface area contributed by atoms with Crippen molar-refractivity contribution in [2.24, 2.45) is 0 Å². The second-order valence-electron chi connectivity index (χ2n) is 6.47. The lowest BCUT2D eigenvalue weighted by atomic mass is 10.2. The van der Waals surface area contributed by atoms with Gasteiger partial charge in [-0.3, -0.25) is 10.0 Å². The predicted octanol–water partition coefficient (Wildman–Crippen LogP) is 0.599. The van der Waals surface area contributed by atoms with Crippen LogP contribution in [-0.2, 0) is 0 Å². The number of carbonyl (C=O) groups excluding carboxylic acids is 1. The van der Waals surface area contributed by atoms with Gasteiger partial charge in [-0.2, -0.15) is 0 Å². The molecule has 0 spiro atoms. The molecule has 2 aliphatic rings. The van der Waals surface area contributed by atoms with Crippen LogP contribution < -0.4 is 15.3 Å². The van der Waals surface area contributed by atoms with Crippen molar-refractivity contribution in [1.82, 2.24) is 25.8 Å². The van der Waals surface area contributed by atoms with Crippen molar-refractivity contribution < 1.29 is 14.6 Å². The van der Waals surface area contributed by atoms with Crippen molar-refractivity contribution >= 4 is 28.6 Å². The summed E-state index contributed by atoms with van der Waals surface area (Å²) in [7, 11) is 0. The van der Waals surface area contributed by atoms with E-state index >= 15 is 0 Å². The number of aromatic nitrogens is 4. The van der Waals surface area contributed by atoms with E-state index in [2.05, 4.69) is 30.1 Å². The lowest BCUT2D eigenvalue weighted by Crippen LogP contribution is -2.47. The molecule has 2 atom stereocenters. The Hall–Kier alpha value is -3.27. The third kappa shape index (κ3) is 2.19. The van der Waals surface area contributed by atoms with Gasteiger partial charge in [0.15, 0.2) is 5.52 Å². The number of nitrogens with zero attached hydrogens (tertiary/aromatic N) is 6. The van der Waals surface area contributed by atoms with Gasteiger partial charge in [-0.15, -0.1) is 0 Å². The van der Waals surface area contributed by atoms with Crippen molar-refractivity contribution in [2.75, 3.05) is 22.9 Å². The van der Waals surface area contributed by atoms with E-state index in [0.29, 0.717) is 12.0 Å². The van der Waals surface area contributed by atoms with Crippen molar-refractivity contribution in [3.8, 4) is 0 Å². The lowest BCUT2D eigenvalue weighted by molar-refractivity contribution is 0.0705. The molecule has 10 heteroatoms. The number of nitrogens with one attached hydrogen (secondary N) is 1. The van der Waals surface area contributed by atoms with E-state index in [1.54, 1.807) is 5.48 Å². The first-order valence-corrected chi connectivity index (χ1v) is 8.25. The van der Waals surface area contributed by atoms with Crippen LogP contribution in [0.25, 0.3) is 11.0 Å². The number of fused-ring (bicyclic) bond motifs is 3. The summed E-state index contributed by atoms with van der Waals surface area (Å²) in [5.74, 6) is -0.0343. The van der Waals surface area contributed by atoms with Gasteiger partial charge in [-0.05, 0) is 28.9 Å². The first kappa shape index (κ1) is 15.0. The third-order valence-corrected chi connectivity index (χ3v) is 5.07. The number of rotatable bonds is 3. The quantitative estimate of drug-likeness (QED) is 0.515. The minimum absolute atomic E-state index is 0.215. The van der Waals surface area contributed by atoms with Crippen LogP contribution in [0.1, 0.15) is 16.8 Å². The summed E-state index contributed by atoms with van der Waals surface area (Å²) in [6.45, 7) is 1.62. The van der Waals surface area contributed by atoms with Gasteiger partial charge in [-0.25, -0.2) is 20.1 Å². The van der Waals surface area contributed by atoms with E-state index in [9.17, 15) is 4.79 Å². The lowest BCUT2D eigenvalue weighted by Gasteiger charge is -2.35. The molecule has 2 bridgehead atoms. The number of anilines is 2. The number of carbonyl (C=O) groups is 1. The standard InChI is InChI=1S/C16H15N7O3/c24-15(19-25)9-5-17-16(18-6-9)23-8-10-4-11(23)7-22(10)13-3-1-2-12-14(13)21-26-20-12/h1-3,5-6,10-11,25H,4,7-8H2,(H,19,24). The van der Waals surface area contributed by atoms with E-state index < -0.39 is 5.91 Å². The highest BCUT2D eigenvalue weighted by Crippen LogP contribution is 2.38. The van der Waals surface area contributed by atoms with E-state index in [1.165, 1.54) is 12.4 Å². The maximum absolute atomic E-state index is 11.4. The van der Waals surface area contributed by atoms with Gasteiger partial charge < -0.3 is 9.80 Å². The molecule has 0 aliphatic carbocycles. The number of piperazine rings is 1. The molecule has 10 nitrogen and oxygen atoms in total. The maximum atomic E-state index is 11.4. The summed E-state index contributed by atoms with van der Waals surface area (Å²) in [5.41, 5.74) is 4.36. The van der Waals surface area contributed by atoms with Crippen LogP contribution in [-0.4, -0.2) is 56.6 Å². The molecule has 5 rings (SSSR count). The molecular weight excluding hydrogens is 338 g/mol. The molecule has 26 heavy (non-hydrogen) atoms. The Balaban J connectivity index is 1.37. The topological polar surface area (TPSA) is 121 Å². The molecule has 2 aliphatic heterocycles. The van der Waals surface area contributed by atoms with Gasteiger partial charge in [0.05, 0.1) is 17.3 Å². The van der Waals surface area contributed by atoms with Crippen molar-refractivity contribution in [3.05, 3.63) is 36.2 Å². The average molecular weight is 353 g/mol. The first-order chi connectivity index (χ1) is 12.7. The Bertz CT molecular complexity index is 973. The minimum Gasteiger partial charge on any atom is -0.363 e. The Labute approximate surface area is 147 Å². The van der Waals surface area contributed by atoms with Crippen molar-refractivity contribution in [3.63, 3.8) is 0 Å². The molecule has 2 fully saturated rings. The molecule has 2 saturated heterocycles. The predicted molar refractivity (Wildman–Crippen MR) is 90.0 cm³/mol. The van der Waals surface area contributed by atoms with E-state index in [0.717, 1.165) is 36.2 Å². The second-order valence-corrected chi connectivity index (χ2v) is 6.47. The van der Waals surface area contributed by atoms with Gasteiger partial charge in [0.25, 0.3) is 5.91 Å². The highest BCUT2D eigenvalue weighted by molar-refractivity contribution is 5.92. The zero-order valence-electron chi connectivity index (χ0n) is 13.6. The number of hydrogen-bond donors (Lipinski definition) is 2. The van der Waals surface area contributed by atoms with Gasteiger partial charge in [0, 0.05) is 31.5 Å². The normalized spacial score (nSPS) is 21.6. The Morgan fingerprint density at radius 1 is 1.15 bits per heavy atom. The second kappa shape index (κ2) is 5.63. The molecule has 1 amide bonds. The summed E-state index contributed by atoms with van der Waals surface area (Å²) in [4.78, 5) is 24.4. The third-order valence-electron chi connectivity index (χ3n) is 5.07. The molecule has 3 aromatic rings. The molecule has 2 N–H and O–H groups in total. The number of benzene rings is 1. The molecule has 1 aromatic carbocycles. The SMILES string of the molecule is O=C(NO)c1cnc(N2CC3CC2CN3c2cccc3nonc23)nc1. The molecule has 132 valence electrons. The van der Waals surface area contributed by atoms with E-state index in [4.69, 9.17) is 9.84 Å². The summed E-state index contributed by atoms with van der Waals surface area (Å²) in [6.07, 6.45) is 3.84. The Morgan fingerprint density at radius 3 is 2.65 bits per heavy atom. The maximum Gasteiger partial charge on any atom is 0.277 e.